The second kappa shape index (κ2) is 6.02. The first-order chi connectivity index (χ1) is 11.0. The van der Waals surface area contributed by atoms with Crippen LogP contribution in [0.5, 0.6) is 5.75 Å². The number of nitrogens with zero attached hydrogens (tertiary/aromatic N) is 1. The van der Waals surface area contributed by atoms with E-state index in [-0.39, 0.29) is 21.2 Å². The van der Waals surface area contributed by atoms with Gasteiger partial charge in [-0.25, -0.2) is 4.79 Å². The zero-order valence-corrected chi connectivity index (χ0v) is 13.1. The molecule has 116 valence electrons. The molecule has 7 heteroatoms. The van der Waals surface area contributed by atoms with Gasteiger partial charge >= 0.3 is 5.97 Å². The Morgan fingerprint density at radius 3 is 2.00 bits per heavy atom. The SMILES string of the molecule is O=C(CN1C(=O)c2cc(Cl)c(Cl)cc2C1=O)Oc1ccccc1. The third-order valence-corrected chi connectivity index (χ3v) is 4.00. The summed E-state index contributed by atoms with van der Waals surface area (Å²) in [4.78, 5) is 37.2. The van der Waals surface area contributed by atoms with Crippen LogP contribution in [0.2, 0.25) is 10.0 Å². The lowest BCUT2D eigenvalue weighted by Crippen LogP contribution is -2.36. The van der Waals surface area contributed by atoms with Gasteiger partial charge in [0.1, 0.15) is 12.3 Å². The number of fused-ring (bicyclic) bond motifs is 1. The highest BCUT2D eigenvalue weighted by atomic mass is 35.5. The van der Waals surface area contributed by atoms with Crippen molar-refractivity contribution >= 4 is 41.0 Å². The summed E-state index contributed by atoms with van der Waals surface area (Å²) in [6.07, 6.45) is 0. The van der Waals surface area contributed by atoms with Crippen LogP contribution in [-0.2, 0) is 4.79 Å². The maximum absolute atomic E-state index is 12.3. The minimum atomic E-state index is -0.720. The van der Waals surface area contributed by atoms with Gasteiger partial charge in [0.05, 0.1) is 21.2 Å². The number of hydrogen-bond donors (Lipinski definition) is 0. The van der Waals surface area contributed by atoms with E-state index in [4.69, 9.17) is 27.9 Å². The second-order valence-corrected chi connectivity index (χ2v) is 5.61. The molecule has 3 rings (SSSR count). The summed E-state index contributed by atoms with van der Waals surface area (Å²) in [5.74, 6) is -1.59. The Hall–Kier alpha value is -2.37. The fraction of sp³-hybridized carbons (Fsp3) is 0.0625. The van der Waals surface area contributed by atoms with E-state index in [9.17, 15) is 14.4 Å². The van der Waals surface area contributed by atoms with Gasteiger partial charge in [0.2, 0.25) is 0 Å². The Bertz CT molecular complexity index is 779. The number of carbonyl (C=O) groups excluding carboxylic acids is 3. The van der Waals surface area contributed by atoms with Crippen LogP contribution < -0.4 is 4.74 Å². The molecule has 23 heavy (non-hydrogen) atoms. The Kier molecular flexibility index (Phi) is 4.07. The molecule has 2 aromatic rings. The third-order valence-electron chi connectivity index (χ3n) is 3.27. The average molecular weight is 350 g/mol. The van der Waals surface area contributed by atoms with Crippen LogP contribution in [0, 0.1) is 0 Å². The Balaban J connectivity index is 1.78. The number of ether oxygens (including phenoxy) is 1. The van der Waals surface area contributed by atoms with E-state index >= 15 is 0 Å². The normalized spacial score (nSPS) is 13.2. The van der Waals surface area contributed by atoms with Gasteiger partial charge in [-0.1, -0.05) is 41.4 Å². The molecule has 0 aliphatic carbocycles. The van der Waals surface area contributed by atoms with Crippen molar-refractivity contribution in [2.75, 3.05) is 6.54 Å². The van der Waals surface area contributed by atoms with Crippen molar-refractivity contribution in [3.8, 4) is 5.75 Å². The second-order valence-electron chi connectivity index (χ2n) is 4.80. The zero-order valence-electron chi connectivity index (χ0n) is 11.6. The van der Waals surface area contributed by atoms with Gasteiger partial charge in [-0.3, -0.25) is 14.5 Å². The number of halogens is 2. The van der Waals surface area contributed by atoms with Crippen molar-refractivity contribution in [2.45, 2.75) is 0 Å². The molecule has 2 aromatic carbocycles. The van der Waals surface area contributed by atoms with Crippen LogP contribution in [0.15, 0.2) is 42.5 Å². The maximum atomic E-state index is 12.3. The predicted octanol–water partition coefficient (Wildman–Crippen LogP) is 3.20. The minimum Gasteiger partial charge on any atom is -0.425 e. The van der Waals surface area contributed by atoms with Crippen LogP contribution in [0.3, 0.4) is 0 Å². The average Bonchev–Trinajstić information content (AvgIpc) is 2.74. The van der Waals surface area contributed by atoms with Gasteiger partial charge in [-0.05, 0) is 24.3 Å². The summed E-state index contributed by atoms with van der Waals surface area (Å²) in [5, 5.41) is 0.334. The standard InChI is InChI=1S/C16H9Cl2NO4/c17-12-6-10-11(7-13(12)18)16(22)19(15(10)21)8-14(20)23-9-4-2-1-3-5-9/h1-7H,8H2. The van der Waals surface area contributed by atoms with Crippen LogP contribution in [0.1, 0.15) is 20.7 Å². The summed E-state index contributed by atoms with van der Waals surface area (Å²) < 4.78 is 5.08. The van der Waals surface area contributed by atoms with Gasteiger partial charge < -0.3 is 4.74 Å². The topological polar surface area (TPSA) is 63.7 Å². The molecule has 2 amide bonds. The van der Waals surface area contributed by atoms with E-state index in [0.717, 1.165) is 4.90 Å². The summed E-state index contributed by atoms with van der Waals surface area (Å²) in [5.41, 5.74) is 0.244. The van der Waals surface area contributed by atoms with Crippen molar-refractivity contribution in [3.05, 3.63) is 63.6 Å². The summed E-state index contributed by atoms with van der Waals surface area (Å²) in [6.45, 7) is -0.490. The van der Waals surface area contributed by atoms with Crippen molar-refractivity contribution in [1.82, 2.24) is 4.90 Å². The fourth-order valence-electron chi connectivity index (χ4n) is 2.21. The Morgan fingerprint density at radius 2 is 1.48 bits per heavy atom. The van der Waals surface area contributed by atoms with Crippen molar-refractivity contribution in [3.63, 3.8) is 0 Å². The zero-order chi connectivity index (χ0) is 16.6. The van der Waals surface area contributed by atoms with Gasteiger partial charge in [0, 0.05) is 0 Å². The number of esters is 1. The summed E-state index contributed by atoms with van der Waals surface area (Å²) in [6, 6.07) is 11.0. The molecule has 0 fully saturated rings. The van der Waals surface area contributed by atoms with Gasteiger partial charge in [-0.15, -0.1) is 0 Å². The number of benzene rings is 2. The molecule has 0 saturated carbocycles. The highest BCUT2D eigenvalue weighted by Gasteiger charge is 2.37. The number of para-hydroxylation sites is 1. The fourth-order valence-corrected chi connectivity index (χ4v) is 2.54. The van der Waals surface area contributed by atoms with E-state index in [1.165, 1.54) is 12.1 Å². The van der Waals surface area contributed by atoms with Crippen molar-refractivity contribution < 1.29 is 19.1 Å². The molecule has 0 unspecified atom stereocenters. The quantitative estimate of drug-likeness (QED) is 0.485. The van der Waals surface area contributed by atoms with Crippen LogP contribution >= 0.6 is 23.2 Å². The number of imide groups is 1. The lowest BCUT2D eigenvalue weighted by Gasteiger charge is -2.12. The number of amides is 2. The first kappa shape index (κ1) is 15.5. The molecule has 0 bridgehead atoms. The van der Waals surface area contributed by atoms with Gasteiger partial charge in [-0.2, -0.15) is 0 Å². The maximum Gasteiger partial charge on any atom is 0.331 e. The molecule has 1 aliphatic heterocycles. The predicted molar refractivity (Wildman–Crippen MR) is 83.9 cm³/mol. The minimum absolute atomic E-state index is 0.122. The summed E-state index contributed by atoms with van der Waals surface area (Å²) >= 11 is 11.7. The van der Waals surface area contributed by atoms with Crippen molar-refractivity contribution in [2.24, 2.45) is 0 Å². The number of hydrogen-bond acceptors (Lipinski definition) is 4. The molecule has 1 aliphatic rings. The van der Waals surface area contributed by atoms with E-state index in [2.05, 4.69) is 0 Å². The van der Waals surface area contributed by atoms with E-state index in [1.807, 2.05) is 0 Å². The van der Waals surface area contributed by atoms with Gasteiger partial charge in [0.15, 0.2) is 0 Å². The van der Waals surface area contributed by atoms with Crippen LogP contribution in [0.25, 0.3) is 0 Å². The molecule has 0 radical (unpaired) electrons. The third kappa shape index (κ3) is 2.93. The van der Waals surface area contributed by atoms with Crippen molar-refractivity contribution in [1.29, 1.82) is 0 Å². The van der Waals surface area contributed by atoms with Crippen LogP contribution in [0.4, 0.5) is 0 Å². The smallest absolute Gasteiger partial charge is 0.331 e. The monoisotopic (exact) mass is 349 g/mol. The van der Waals surface area contributed by atoms with Gasteiger partial charge in [0.25, 0.3) is 11.8 Å². The molecular formula is C16H9Cl2NO4. The molecule has 0 atom stereocenters. The van der Waals surface area contributed by atoms with E-state index in [1.54, 1.807) is 30.3 Å². The first-order valence-electron chi connectivity index (χ1n) is 6.58. The highest BCUT2D eigenvalue weighted by Crippen LogP contribution is 2.31. The van der Waals surface area contributed by atoms with Crippen LogP contribution in [-0.4, -0.2) is 29.2 Å². The molecule has 0 aromatic heterocycles. The highest BCUT2D eigenvalue weighted by molar-refractivity contribution is 6.43. The molecule has 1 heterocycles. The summed E-state index contributed by atoms with van der Waals surface area (Å²) in [7, 11) is 0. The molecule has 0 saturated heterocycles. The first-order valence-corrected chi connectivity index (χ1v) is 7.34. The van der Waals surface area contributed by atoms with E-state index < -0.39 is 24.3 Å². The molecule has 5 nitrogen and oxygen atoms in total. The lowest BCUT2D eigenvalue weighted by atomic mass is 10.1. The number of rotatable bonds is 3. The molecule has 0 spiro atoms. The molecule has 0 N–H and O–H groups in total. The Morgan fingerprint density at radius 1 is 0.957 bits per heavy atom. The Labute approximate surface area is 141 Å². The molecular weight excluding hydrogens is 341 g/mol. The number of carbonyl (C=O) groups is 3. The van der Waals surface area contributed by atoms with E-state index in [0.29, 0.717) is 5.75 Å². The lowest BCUT2D eigenvalue weighted by molar-refractivity contribution is -0.134. The largest absolute Gasteiger partial charge is 0.425 e.